The Kier molecular flexibility index (Phi) is 5.81. The number of nitrogens with one attached hydrogen (secondary N) is 1. The van der Waals surface area contributed by atoms with Crippen LogP contribution in [0.4, 0.5) is 0 Å². The van der Waals surface area contributed by atoms with Gasteiger partial charge in [0, 0.05) is 17.0 Å². The first-order chi connectivity index (χ1) is 7.22. The number of hydrogen-bond acceptors (Lipinski definition) is 2. The van der Waals surface area contributed by atoms with Gasteiger partial charge in [0.2, 0.25) is 0 Å². The third-order valence-electron chi connectivity index (χ3n) is 2.56. The maximum absolute atomic E-state index is 3.28. The lowest BCUT2D eigenvalue weighted by molar-refractivity contribution is 0.564. The predicted molar refractivity (Wildman–Crippen MR) is 70.3 cm³/mol. The summed E-state index contributed by atoms with van der Waals surface area (Å²) in [6.45, 7) is 4.54. The number of rotatable bonds is 6. The van der Waals surface area contributed by atoms with Crippen molar-refractivity contribution < 1.29 is 0 Å². The van der Waals surface area contributed by atoms with E-state index in [0.717, 1.165) is 5.75 Å². The van der Waals surface area contributed by atoms with Gasteiger partial charge in [-0.15, -0.1) is 0 Å². The van der Waals surface area contributed by atoms with E-state index in [1.807, 2.05) is 18.8 Å². The monoisotopic (exact) mass is 223 g/mol. The lowest BCUT2D eigenvalue weighted by Gasteiger charge is -2.16. The second kappa shape index (κ2) is 6.91. The fourth-order valence-electron chi connectivity index (χ4n) is 1.50. The zero-order chi connectivity index (χ0) is 11.1. The molecule has 1 rings (SSSR count). The summed E-state index contributed by atoms with van der Waals surface area (Å²) in [6.07, 6.45) is 1.23. The van der Waals surface area contributed by atoms with Crippen LogP contribution in [-0.4, -0.2) is 18.3 Å². The lowest BCUT2D eigenvalue weighted by Crippen LogP contribution is -2.24. The minimum Gasteiger partial charge on any atom is -0.317 e. The molecule has 2 heteroatoms. The minimum absolute atomic E-state index is 0.614. The molecule has 0 aliphatic heterocycles. The number of benzene rings is 1. The van der Waals surface area contributed by atoms with E-state index in [0.29, 0.717) is 11.3 Å². The van der Waals surface area contributed by atoms with Gasteiger partial charge in [-0.25, -0.2) is 0 Å². The van der Waals surface area contributed by atoms with Crippen LogP contribution in [-0.2, 0) is 5.75 Å². The molecule has 2 unspecified atom stereocenters. The molecule has 1 N–H and O–H groups in total. The average Bonchev–Trinajstić information content (AvgIpc) is 2.27. The van der Waals surface area contributed by atoms with Gasteiger partial charge >= 0.3 is 0 Å². The minimum atomic E-state index is 0.614. The van der Waals surface area contributed by atoms with E-state index in [1.54, 1.807) is 0 Å². The molecule has 0 heterocycles. The molecule has 1 aromatic rings. The Labute approximate surface area is 97.7 Å². The molecule has 0 bridgehead atoms. The molecular formula is C13H21NS. The van der Waals surface area contributed by atoms with Crippen LogP contribution < -0.4 is 5.32 Å². The summed E-state index contributed by atoms with van der Waals surface area (Å²) in [5.74, 6) is 1.12. The molecule has 0 radical (unpaired) electrons. The SMILES string of the molecule is CNC(C)CC(C)SCc1ccccc1. The summed E-state index contributed by atoms with van der Waals surface area (Å²) >= 11 is 2.03. The molecule has 2 atom stereocenters. The standard InChI is InChI=1S/C13H21NS/c1-11(14-3)9-12(2)15-10-13-7-5-4-6-8-13/h4-8,11-12,14H,9-10H2,1-3H3. The summed E-state index contributed by atoms with van der Waals surface area (Å²) in [7, 11) is 2.03. The van der Waals surface area contributed by atoms with Gasteiger partial charge in [-0.3, -0.25) is 0 Å². The Hall–Kier alpha value is -0.470. The van der Waals surface area contributed by atoms with Crippen molar-refractivity contribution in [2.24, 2.45) is 0 Å². The largest absolute Gasteiger partial charge is 0.317 e. The van der Waals surface area contributed by atoms with Crippen molar-refractivity contribution in [3.63, 3.8) is 0 Å². The first-order valence-corrected chi connectivity index (χ1v) is 6.60. The fraction of sp³-hybridized carbons (Fsp3) is 0.538. The highest BCUT2D eigenvalue weighted by Crippen LogP contribution is 2.20. The van der Waals surface area contributed by atoms with E-state index in [1.165, 1.54) is 12.0 Å². The summed E-state index contributed by atoms with van der Waals surface area (Å²) in [5.41, 5.74) is 1.42. The first kappa shape index (κ1) is 12.6. The topological polar surface area (TPSA) is 12.0 Å². The summed E-state index contributed by atoms with van der Waals surface area (Å²) in [5, 5.41) is 4.00. The summed E-state index contributed by atoms with van der Waals surface area (Å²) < 4.78 is 0. The Morgan fingerprint density at radius 1 is 1.20 bits per heavy atom. The lowest BCUT2D eigenvalue weighted by atomic mass is 10.2. The smallest absolute Gasteiger partial charge is 0.0187 e. The van der Waals surface area contributed by atoms with Crippen molar-refractivity contribution >= 4 is 11.8 Å². The van der Waals surface area contributed by atoms with Gasteiger partial charge in [0.25, 0.3) is 0 Å². The molecule has 15 heavy (non-hydrogen) atoms. The zero-order valence-electron chi connectivity index (χ0n) is 9.86. The summed E-state index contributed by atoms with van der Waals surface area (Å²) in [6, 6.07) is 11.3. The molecule has 0 spiro atoms. The van der Waals surface area contributed by atoms with E-state index in [4.69, 9.17) is 0 Å². The van der Waals surface area contributed by atoms with Crippen LogP contribution in [0.15, 0.2) is 30.3 Å². The molecule has 84 valence electrons. The van der Waals surface area contributed by atoms with Crippen molar-refractivity contribution in [3.05, 3.63) is 35.9 Å². The van der Waals surface area contributed by atoms with Gasteiger partial charge in [-0.1, -0.05) is 37.3 Å². The third kappa shape index (κ3) is 5.24. The molecule has 0 aromatic heterocycles. The number of thioether (sulfide) groups is 1. The van der Waals surface area contributed by atoms with Crippen molar-refractivity contribution in [2.75, 3.05) is 7.05 Å². The highest BCUT2D eigenvalue weighted by Gasteiger charge is 2.07. The predicted octanol–water partition coefficient (Wildman–Crippen LogP) is 3.31. The normalized spacial score (nSPS) is 14.9. The van der Waals surface area contributed by atoms with E-state index in [2.05, 4.69) is 49.5 Å². The second-order valence-electron chi connectivity index (χ2n) is 4.03. The molecule has 0 fully saturated rings. The maximum Gasteiger partial charge on any atom is 0.0187 e. The van der Waals surface area contributed by atoms with Gasteiger partial charge < -0.3 is 5.32 Å². The van der Waals surface area contributed by atoms with Gasteiger partial charge in [0.15, 0.2) is 0 Å². The Morgan fingerprint density at radius 3 is 2.47 bits per heavy atom. The van der Waals surface area contributed by atoms with Crippen LogP contribution in [0, 0.1) is 0 Å². The maximum atomic E-state index is 3.28. The highest BCUT2D eigenvalue weighted by molar-refractivity contribution is 7.99. The third-order valence-corrected chi connectivity index (χ3v) is 3.82. The second-order valence-corrected chi connectivity index (χ2v) is 5.46. The van der Waals surface area contributed by atoms with Crippen LogP contribution in [0.5, 0.6) is 0 Å². The van der Waals surface area contributed by atoms with Crippen molar-refractivity contribution in [1.29, 1.82) is 0 Å². The summed E-state index contributed by atoms with van der Waals surface area (Å²) in [4.78, 5) is 0. The van der Waals surface area contributed by atoms with Crippen molar-refractivity contribution in [3.8, 4) is 0 Å². The van der Waals surface area contributed by atoms with E-state index < -0.39 is 0 Å². The molecule has 0 aliphatic rings. The zero-order valence-corrected chi connectivity index (χ0v) is 10.7. The molecule has 1 nitrogen and oxygen atoms in total. The van der Waals surface area contributed by atoms with Crippen LogP contribution in [0.3, 0.4) is 0 Å². The van der Waals surface area contributed by atoms with Crippen LogP contribution in [0.2, 0.25) is 0 Å². The van der Waals surface area contributed by atoms with E-state index in [9.17, 15) is 0 Å². The molecule has 1 aromatic carbocycles. The molecule has 0 saturated heterocycles. The number of hydrogen-bond donors (Lipinski definition) is 1. The van der Waals surface area contributed by atoms with Crippen molar-refractivity contribution in [2.45, 2.75) is 37.3 Å². The molecule has 0 aliphatic carbocycles. The fourth-order valence-corrected chi connectivity index (χ4v) is 2.59. The average molecular weight is 223 g/mol. The van der Waals surface area contributed by atoms with E-state index >= 15 is 0 Å². The quantitative estimate of drug-likeness (QED) is 0.794. The van der Waals surface area contributed by atoms with Crippen LogP contribution in [0.25, 0.3) is 0 Å². The van der Waals surface area contributed by atoms with Gasteiger partial charge in [-0.05, 0) is 26.0 Å². The first-order valence-electron chi connectivity index (χ1n) is 5.55. The van der Waals surface area contributed by atoms with Gasteiger partial charge in [0.1, 0.15) is 0 Å². The Bertz CT molecular complexity index is 260. The van der Waals surface area contributed by atoms with Gasteiger partial charge in [0.05, 0.1) is 0 Å². The molecular weight excluding hydrogens is 202 g/mol. The highest BCUT2D eigenvalue weighted by atomic mass is 32.2. The van der Waals surface area contributed by atoms with Crippen LogP contribution in [0.1, 0.15) is 25.8 Å². The Morgan fingerprint density at radius 2 is 1.87 bits per heavy atom. The molecule has 0 saturated carbocycles. The van der Waals surface area contributed by atoms with Gasteiger partial charge in [-0.2, -0.15) is 11.8 Å². The Balaban J connectivity index is 2.25. The van der Waals surface area contributed by atoms with E-state index in [-0.39, 0.29) is 0 Å². The van der Waals surface area contributed by atoms with Crippen molar-refractivity contribution in [1.82, 2.24) is 5.32 Å². The molecule has 0 amide bonds. The van der Waals surface area contributed by atoms with Crippen LogP contribution >= 0.6 is 11.8 Å².